The smallest absolute Gasteiger partial charge is 0.257 e. The van der Waals surface area contributed by atoms with E-state index >= 15 is 0 Å². The molecule has 1 heterocycles. The Morgan fingerprint density at radius 1 is 1.14 bits per heavy atom. The van der Waals surface area contributed by atoms with Crippen molar-refractivity contribution in [3.63, 3.8) is 0 Å². The first-order chi connectivity index (χ1) is 13.6. The van der Waals surface area contributed by atoms with E-state index in [-0.39, 0.29) is 10.5 Å². The summed E-state index contributed by atoms with van der Waals surface area (Å²) < 4.78 is 26.3. The molecule has 3 rings (SSSR count). The zero-order valence-corrected chi connectivity index (χ0v) is 18.7. The summed E-state index contributed by atoms with van der Waals surface area (Å²) in [5.41, 5.74) is 3.21. The quantitative estimate of drug-likeness (QED) is 0.618. The summed E-state index contributed by atoms with van der Waals surface area (Å²) in [7, 11) is -0.739. The highest BCUT2D eigenvalue weighted by atomic mass is 35.5. The van der Waals surface area contributed by atoms with E-state index in [0.29, 0.717) is 15.7 Å². The number of sulfonamides is 1. The Morgan fingerprint density at radius 3 is 2.41 bits per heavy atom. The SMILES string of the molecule is Cc1cc(C(=O)Nc2nc(-c3ccc(Cl)cc3)cs2)cc(S(=O)(=O)N(C)C)c1C. The van der Waals surface area contributed by atoms with Gasteiger partial charge < -0.3 is 0 Å². The van der Waals surface area contributed by atoms with Crippen molar-refractivity contribution in [1.82, 2.24) is 9.29 Å². The average molecular weight is 450 g/mol. The van der Waals surface area contributed by atoms with Crippen molar-refractivity contribution in [2.45, 2.75) is 18.7 Å². The summed E-state index contributed by atoms with van der Waals surface area (Å²) in [4.78, 5) is 17.3. The fourth-order valence-corrected chi connectivity index (χ4v) is 4.73. The number of nitrogens with zero attached hydrogens (tertiary/aromatic N) is 2. The third-order valence-electron chi connectivity index (χ3n) is 4.51. The molecule has 0 unspecified atom stereocenters. The van der Waals surface area contributed by atoms with E-state index in [2.05, 4.69) is 10.3 Å². The van der Waals surface area contributed by atoms with Gasteiger partial charge in [0.05, 0.1) is 10.6 Å². The number of amides is 1. The minimum Gasteiger partial charge on any atom is -0.298 e. The second-order valence-electron chi connectivity index (χ2n) is 6.70. The number of carbonyl (C=O) groups is 1. The van der Waals surface area contributed by atoms with Gasteiger partial charge in [0.2, 0.25) is 10.0 Å². The normalized spacial score (nSPS) is 11.7. The first-order valence-electron chi connectivity index (χ1n) is 8.66. The van der Waals surface area contributed by atoms with Gasteiger partial charge in [0.15, 0.2) is 5.13 Å². The second kappa shape index (κ2) is 8.23. The van der Waals surface area contributed by atoms with E-state index in [9.17, 15) is 13.2 Å². The maximum Gasteiger partial charge on any atom is 0.257 e. The molecule has 6 nitrogen and oxygen atoms in total. The van der Waals surface area contributed by atoms with Gasteiger partial charge in [0.1, 0.15) is 0 Å². The first kappa shape index (κ1) is 21.4. The van der Waals surface area contributed by atoms with Crippen molar-refractivity contribution < 1.29 is 13.2 Å². The molecule has 1 amide bonds. The molecule has 0 saturated carbocycles. The molecule has 0 aliphatic rings. The molecule has 0 aliphatic heterocycles. The molecule has 3 aromatic rings. The number of benzene rings is 2. The first-order valence-corrected chi connectivity index (χ1v) is 11.4. The van der Waals surface area contributed by atoms with Crippen LogP contribution in [0.25, 0.3) is 11.3 Å². The van der Waals surface area contributed by atoms with Crippen molar-refractivity contribution in [2.75, 3.05) is 19.4 Å². The number of anilines is 1. The third kappa shape index (κ3) is 4.51. The number of aryl methyl sites for hydroxylation is 1. The highest BCUT2D eigenvalue weighted by Gasteiger charge is 2.23. The van der Waals surface area contributed by atoms with Crippen LogP contribution in [0.3, 0.4) is 0 Å². The Bertz CT molecular complexity index is 1170. The monoisotopic (exact) mass is 449 g/mol. The van der Waals surface area contributed by atoms with Gasteiger partial charge in [0, 0.05) is 35.6 Å². The average Bonchev–Trinajstić information content (AvgIpc) is 3.12. The van der Waals surface area contributed by atoms with Crippen LogP contribution in [0, 0.1) is 13.8 Å². The lowest BCUT2D eigenvalue weighted by Crippen LogP contribution is -2.24. The van der Waals surface area contributed by atoms with E-state index in [1.54, 1.807) is 32.0 Å². The van der Waals surface area contributed by atoms with Crippen LogP contribution in [0.2, 0.25) is 5.02 Å². The van der Waals surface area contributed by atoms with Gasteiger partial charge >= 0.3 is 0 Å². The van der Waals surface area contributed by atoms with Gasteiger partial charge in [0.25, 0.3) is 5.91 Å². The molecular formula is C20H20ClN3O3S2. The highest BCUT2D eigenvalue weighted by molar-refractivity contribution is 7.89. The number of thiazole rings is 1. The fraction of sp³-hybridized carbons (Fsp3) is 0.200. The Morgan fingerprint density at radius 2 is 1.79 bits per heavy atom. The summed E-state index contributed by atoms with van der Waals surface area (Å²) in [6.45, 7) is 3.51. The standard InChI is InChI=1S/C20H20ClN3O3S2/c1-12-9-15(10-18(13(12)2)29(26,27)24(3)4)19(25)23-20-22-17(11-28-20)14-5-7-16(21)8-6-14/h5-11H,1-4H3,(H,22,23,25). The Hall–Kier alpha value is -2.26. The lowest BCUT2D eigenvalue weighted by Gasteiger charge is -2.16. The number of hydrogen-bond donors (Lipinski definition) is 1. The Kier molecular flexibility index (Phi) is 6.09. The van der Waals surface area contributed by atoms with Gasteiger partial charge in [-0.15, -0.1) is 11.3 Å². The van der Waals surface area contributed by atoms with E-state index in [4.69, 9.17) is 11.6 Å². The molecule has 1 aromatic heterocycles. The molecule has 0 radical (unpaired) electrons. The predicted octanol–water partition coefficient (Wildman–Crippen LogP) is 4.58. The fourth-order valence-electron chi connectivity index (χ4n) is 2.68. The Labute approximate surface area is 179 Å². The van der Waals surface area contributed by atoms with Crippen molar-refractivity contribution in [2.24, 2.45) is 0 Å². The van der Waals surface area contributed by atoms with Crippen molar-refractivity contribution >= 4 is 44.0 Å². The van der Waals surface area contributed by atoms with Gasteiger partial charge in [-0.1, -0.05) is 23.7 Å². The number of carbonyl (C=O) groups excluding carboxylic acids is 1. The lowest BCUT2D eigenvalue weighted by molar-refractivity contribution is 0.102. The molecular weight excluding hydrogens is 430 g/mol. The molecule has 0 saturated heterocycles. The van der Waals surface area contributed by atoms with Crippen LogP contribution in [0.5, 0.6) is 0 Å². The van der Waals surface area contributed by atoms with Crippen LogP contribution in [0.4, 0.5) is 5.13 Å². The zero-order valence-electron chi connectivity index (χ0n) is 16.4. The van der Waals surface area contributed by atoms with E-state index in [1.165, 1.54) is 31.5 Å². The maximum absolute atomic E-state index is 12.7. The van der Waals surface area contributed by atoms with Crippen LogP contribution in [-0.2, 0) is 10.0 Å². The minimum atomic E-state index is -3.66. The number of hydrogen-bond acceptors (Lipinski definition) is 5. The number of rotatable bonds is 5. The van der Waals surface area contributed by atoms with Crippen molar-refractivity contribution in [3.8, 4) is 11.3 Å². The van der Waals surface area contributed by atoms with Crippen molar-refractivity contribution in [1.29, 1.82) is 0 Å². The molecule has 1 N–H and O–H groups in total. The predicted molar refractivity (Wildman–Crippen MR) is 117 cm³/mol. The van der Waals surface area contributed by atoms with Crippen LogP contribution in [-0.4, -0.2) is 37.7 Å². The number of aromatic nitrogens is 1. The van der Waals surface area contributed by atoms with Gasteiger partial charge in [-0.25, -0.2) is 17.7 Å². The maximum atomic E-state index is 12.7. The lowest BCUT2D eigenvalue weighted by atomic mass is 10.1. The summed E-state index contributed by atoms with van der Waals surface area (Å²) in [5, 5.41) is 5.64. The van der Waals surface area contributed by atoms with Gasteiger partial charge in [-0.3, -0.25) is 10.1 Å². The summed E-state index contributed by atoms with van der Waals surface area (Å²) in [5.74, 6) is -0.416. The topological polar surface area (TPSA) is 79.4 Å². The molecule has 0 aliphatic carbocycles. The van der Waals surface area contributed by atoms with E-state index in [1.807, 2.05) is 17.5 Å². The van der Waals surface area contributed by atoms with Gasteiger partial charge in [-0.05, 0) is 49.2 Å². The van der Waals surface area contributed by atoms with Crippen LogP contribution >= 0.6 is 22.9 Å². The van der Waals surface area contributed by atoms with E-state index in [0.717, 1.165) is 21.1 Å². The minimum absolute atomic E-state index is 0.119. The molecule has 152 valence electrons. The number of nitrogens with one attached hydrogen (secondary N) is 1. The Balaban J connectivity index is 1.88. The molecule has 0 fully saturated rings. The molecule has 2 aromatic carbocycles. The molecule has 29 heavy (non-hydrogen) atoms. The van der Waals surface area contributed by atoms with Crippen LogP contribution in [0.1, 0.15) is 21.5 Å². The van der Waals surface area contributed by atoms with Crippen LogP contribution < -0.4 is 5.32 Å². The molecule has 0 bridgehead atoms. The third-order valence-corrected chi connectivity index (χ3v) is 7.46. The zero-order chi connectivity index (χ0) is 21.3. The number of halogens is 1. The van der Waals surface area contributed by atoms with Crippen LogP contribution in [0.15, 0.2) is 46.7 Å². The summed E-state index contributed by atoms with van der Waals surface area (Å²) in [6.07, 6.45) is 0. The van der Waals surface area contributed by atoms with E-state index < -0.39 is 15.9 Å². The van der Waals surface area contributed by atoms with Gasteiger partial charge in [-0.2, -0.15) is 0 Å². The summed E-state index contributed by atoms with van der Waals surface area (Å²) in [6, 6.07) is 10.3. The molecule has 0 spiro atoms. The molecule has 0 atom stereocenters. The largest absolute Gasteiger partial charge is 0.298 e. The summed E-state index contributed by atoms with van der Waals surface area (Å²) >= 11 is 7.20. The highest BCUT2D eigenvalue weighted by Crippen LogP contribution is 2.27. The molecule has 9 heteroatoms. The second-order valence-corrected chi connectivity index (χ2v) is 10.1. The van der Waals surface area contributed by atoms with Crippen molar-refractivity contribution in [3.05, 3.63) is 63.5 Å².